The maximum Gasteiger partial charge on any atom is 0.416 e. The van der Waals surface area contributed by atoms with Crippen LogP contribution in [0.2, 0.25) is 0 Å². The molecule has 132 valence electrons. The number of hydrogen-bond acceptors (Lipinski definition) is 4. The van der Waals surface area contributed by atoms with Crippen molar-refractivity contribution in [3.63, 3.8) is 0 Å². The van der Waals surface area contributed by atoms with Gasteiger partial charge >= 0.3 is 6.18 Å². The molecule has 0 atom stereocenters. The second-order valence-corrected chi connectivity index (χ2v) is 5.64. The minimum atomic E-state index is -4.40. The number of aromatic nitrogens is 3. The van der Waals surface area contributed by atoms with E-state index in [2.05, 4.69) is 15.4 Å². The molecule has 0 aliphatic carbocycles. The normalized spacial score (nSPS) is 11.8. The van der Waals surface area contributed by atoms with Crippen molar-refractivity contribution in [2.45, 2.75) is 12.7 Å². The van der Waals surface area contributed by atoms with Crippen molar-refractivity contribution in [2.24, 2.45) is 0 Å². The number of halogens is 3. The summed E-state index contributed by atoms with van der Waals surface area (Å²) < 4.78 is 45.7. The van der Waals surface area contributed by atoms with E-state index in [1.165, 1.54) is 16.8 Å². The third kappa shape index (κ3) is 3.13. The molecule has 0 spiro atoms. The summed E-state index contributed by atoms with van der Waals surface area (Å²) in [5.74, 6) is 1.30. The number of alkyl halides is 3. The van der Waals surface area contributed by atoms with Gasteiger partial charge in [0.15, 0.2) is 5.65 Å². The van der Waals surface area contributed by atoms with Crippen LogP contribution in [0.25, 0.3) is 16.9 Å². The van der Waals surface area contributed by atoms with Crippen LogP contribution < -0.4 is 5.32 Å². The monoisotopic (exact) mass is 358 g/mol. The third-order valence-corrected chi connectivity index (χ3v) is 3.87. The van der Waals surface area contributed by atoms with Gasteiger partial charge in [-0.05, 0) is 36.4 Å². The van der Waals surface area contributed by atoms with Gasteiger partial charge < -0.3 is 9.73 Å². The molecule has 4 rings (SSSR count). The van der Waals surface area contributed by atoms with Crippen molar-refractivity contribution < 1.29 is 17.6 Å². The molecule has 1 aromatic carbocycles. The van der Waals surface area contributed by atoms with Crippen molar-refractivity contribution in [3.8, 4) is 11.3 Å². The molecule has 0 saturated carbocycles. The Balaban J connectivity index is 1.68. The molecule has 5 nitrogen and oxygen atoms in total. The van der Waals surface area contributed by atoms with Crippen LogP contribution in [-0.2, 0) is 12.7 Å². The molecule has 3 heterocycles. The van der Waals surface area contributed by atoms with Gasteiger partial charge in [-0.15, -0.1) is 5.10 Å². The van der Waals surface area contributed by atoms with E-state index in [0.29, 0.717) is 29.3 Å². The van der Waals surface area contributed by atoms with E-state index in [0.717, 1.165) is 17.9 Å². The van der Waals surface area contributed by atoms with Crippen molar-refractivity contribution in [1.82, 2.24) is 14.6 Å². The van der Waals surface area contributed by atoms with Crippen molar-refractivity contribution in [2.75, 3.05) is 5.32 Å². The summed E-state index contributed by atoms with van der Waals surface area (Å²) >= 11 is 0. The first-order valence-electron chi connectivity index (χ1n) is 7.79. The lowest BCUT2D eigenvalue weighted by Crippen LogP contribution is -2.06. The SMILES string of the molecule is FC(F)(F)c1cccc(-c2cnc3ccc(NCc4ccco4)nn23)c1. The molecule has 1 N–H and O–H groups in total. The lowest BCUT2D eigenvalue weighted by molar-refractivity contribution is -0.137. The molecule has 0 aliphatic rings. The Hall–Kier alpha value is -3.29. The van der Waals surface area contributed by atoms with Crippen LogP contribution >= 0.6 is 0 Å². The zero-order chi connectivity index (χ0) is 18.1. The number of benzene rings is 1. The number of hydrogen-bond donors (Lipinski definition) is 1. The maximum absolute atomic E-state index is 13.0. The quantitative estimate of drug-likeness (QED) is 0.578. The Morgan fingerprint density at radius 3 is 2.73 bits per heavy atom. The zero-order valence-corrected chi connectivity index (χ0v) is 13.4. The van der Waals surface area contributed by atoms with Gasteiger partial charge in [-0.1, -0.05) is 12.1 Å². The van der Waals surface area contributed by atoms with E-state index < -0.39 is 11.7 Å². The summed E-state index contributed by atoms with van der Waals surface area (Å²) in [6.07, 6.45) is -1.32. The Labute approximate surface area is 146 Å². The first kappa shape index (κ1) is 16.2. The fourth-order valence-corrected chi connectivity index (χ4v) is 2.61. The van der Waals surface area contributed by atoms with Gasteiger partial charge in [0.2, 0.25) is 0 Å². The molecule has 0 bridgehead atoms. The van der Waals surface area contributed by atoms with Crippen LogP contribution in [0.4, 0.5) is 19.0 Å². The lowest BCUT2D eigenvalue weighted by atomic mass is 10.1. The van der Waals surface area contributed by atoms with Gasteiger partial charge in [0, 0.05) is 5.56 Å². The van der Waals surface area contributed by atoms with E-state index in [-0.39, 0.29) is 0 Å². The highest BCUT2D eigenvalue weighted by molar-refractivity contribution is 5.64. The molecular formula is C18H13F3N4O. The Bertz CT molecular complexity index is 1040. The van der Waals surface area contributed by atoms with E-state index in [9.17, 15) is 13.2 Å². The van der Waals surface area contributed by atoms with E-state index in [1.807, 2.05) is 6.07 Å². The van der Waals surface area contributed by atoms with Crippen LogP contribution in [0, 0.1) is 0 Å². The smallest absolute Gasteiger partial charge is 0.416 e. The fraction of sp³-hybridized carbons (Fsp3) is 0.111. The van der Waals surface area contributed by atoms with Gasteiger partial charge in [-0.3, -0.25) is 0 Å². The number of imidazole rings is 1. The third-order valence-electron chi connectivity index (χ3n) is 3.87. The molecule has 26 heavy (non-hydrogen) atoms. The lowest BCUT2D eigenvalue weighted by Gasteiger charge is -2.09. The van der Waals surface area contributed by atoms with Crippen LogP contribution in [0.5, 0.6) is 0 Å². The van der Waals surface area contributed by atoms with Gasteiger partial charge in [0.05, 0.1) is 30.3 Å². The second kappa shape index (κ2) is 6.21. The summed E-state index contributed by atoms with van der Waals surface area (Å²) in [7, 11) is 0. The number of rotatable bonds is 4. The predicted octanol–water partition coefficient (Wildman–Crippen LogP) is 4.62. The van der Waals surface area contributed by atoms with Gasteiger partial charge in [-0.2, -0.15) is 13.2 Å². The summed E-state index contributed by atoms with van der Waals surface area (Å²) in [5, 5.41) is 7.53. The summed E-state index contributed by atoms with van der Waals surface area (Å²) in [6, 6.07) is 12.2. The van der Waals surface area contributed by atoms with Crippen molar-refractivity contribution in [3.05, 3.63) is 72.3 Å². The molecule has 0 fully saturated rings. The van der Waals surface area contributed by atoms with Crippen LogP contribution in [0.15, 0.2) is 65.4 Å². The highest BCUT2D eigenvalue weighted by Gasteiger charge is 2.30. The maximum atomic E-state index is 13.0. The number of furan rings is 1. The van der Waals surface area contributed by atoms with Crippen molar-refractivity contribution in [1.29, 1.82) is 0 Å². The topological polar surface area (TPSA) is 55.4 Å². The minimum absolute atomic E-state index is 0.392. The van der Waals surface area contributed by atoms with Gasteiger partial charge in [0.1, 0.15) is 11.6 Å². The van der Waals surface area contributed by atoms with E-state index in [4.69, 9.17) is 4.42 Å². The molecule has 0 aliphatic heterocycles. The zero-order valence-electron chi connectivity index (χ0n) is 13.4. The molecule has 4 aromatic rings. The largest absolute Gasteiger partial charge is 0.467 e. The van der Waals surface area contributed by atoms with Gasteiger partial charge in [0.25, 0.3) is 0 Å². The van der Waals surface area contributed by atoms with Crippen molar-refractivity contribution >= 4 is 11.5 Å². The molecule has 3 aromatic heterocycles. The average molecular weight is 358 g/mol. The van der Waals surface area contributed by atoms with Crippen LogP contribution in [0.3, 0.4) is 0 Å². The van der Waals surface area contributed by atoms with Crippen LogP contribution in [-0.4, -0.2) is 14.6 Å². The Kier molecular flexibility index (Phi) is 3.87. The predicted molar refractivity (Wildman–Crippen MR) is 89.5 cm³/mol. The number of nitrogens with zero attached hydrogens (tertiary/aromatic N) is 3. The molecule has 0 unspecified atom stereocenters. The Morgan fingerprint density at radius 1 is 1.08 bits per heavy atom. The molecule has 0 saturated heterocycles. The molecule has 8 heteroatoms. The number of nitrogens with one attached hydrogen (secondary N) is 1. The minimum Gasteiger partial charge on any atom is -0.467 e. The molecule has 0 radical (unpaired) electrons. The first-order chi connectivity index (χ1) is 12.5. The van der Waals surface area contributed by atoms with Crippen LogP contribution in [0.1, 0.15) is 11.3 Å². The second-order valence-electron chi connectivity index (χ2n) is 5.64. The summed E-state index contributed by atoms with van der Waals surface area (Å²) in [5.41, 5.74) is 0.703. The highest BCUT2D eigenvalue weighted by atomic mass is 19.4. The highest BCUT2D eigenvalue weighted by Crippen LogP contribution is 2.32. The van der Waals surface area contributed by atoms with E-state index in [1.54, 1.807) is 30.5 Å². The standard InChI is InChI=1S/C18H13F3N4O/c19-18(20,21)13-4-1-3-12(9-13)15-11-23-17-7-6-16(24-25(15)17)22-10-14-5-2-8-26-14/h1-9,11H,10H2,(H,22,24). The summed E-state index contributed by atoms with van der Waals surface area (Å²) in [6.45, 7) is 0.444. The average Bonchev–Trinajstić information content (AvgIpc) is 3.28. The first-order valence-corrected chi connectivity index (χ1v) is 7.79. The fourth-order valence-electron chi connectivity index (χ4n) is 2.61. The molecular weight excluding hydrogens is 345 g/mol. The van der Waals surface area contributed by atoms with Gasteiger partial charge in [-0.25, -0.2) is 9.50 Å². The summed E-state index contributed by atoms with van der Waals surface area (Å²) in [4.78, 5) is 4.21. The number of anilines is 1. The molecule has 0 amide bonds. The van der Waals surface area contributed by atoms with E-state index >= 15 is 0 Å². The number of fused-ring (bicyclic) bond motifs is 1. The Morgan fingerprint density at radius 2 is 1.96 bits per heavy atom.